The van der Waals surface area contributed by atoms with Crippen molar-refractivity contribution >= 4 is 5.78 Å². The van der Waals surface area contributed by atoms with Gasteiger partial charge in [-0.15, -0.1) is 0 Å². The van der Waals surface area contributed by atoms with E-state index in [1.807, 2.05) is 0 Å². The van der Waals surface area contributed by atoms with Crippen molar-refractivity contribution in [3.8, 4) is 0 Å². The van der Waals surface area contributed by atoms with Gasteiger partial charge in [0.25, 0.3) is 0 Å². The predicted molar refractivity (Wildman–Crippen MR) is 45.6 cm³/mol. The van der Waals surface area contributed by atoms with Crippen molar-refractivity contribution in [2.75, 3.05) is 6.54 Å². The number of carbonyl (C=O) groups is 1. The summed E-state index contributed by atoms with van der Waals surface area (Å²) in [7, 11) is 0. The molecular formula is C9H17NO. The van der Waals surface area contributed by atoms with Crippen LogP contribution >= 0.6 is 0 Å². The van der Waals surface area contributed by atoms with Crippen LogP contribution in [0.1, 0.15) is 39.0 Å². The van der Waals surface area contributed by atoms with Crippen LogP contribution in [-0.4, -0.2) is 18.4 Å². The van der Waals surface area contributed by atoms with Crippen molar-refractivity contribution in [3.63, 3.8) is 0 Å². The first kappa shape index (κ1) is 8.72. The molecule has 0 amide bonds. The lowest BCUT2D eigenvalue weighted by Gasteiger charge is -2.26. The molecule has 1 rings (SSSR count). The van der Waals surface area contributed by atoms with Gasteiger partial charge in [-0.1, -0.05) is 6.42 Å². The Labute approximate surface area is 68.4 Å². The molecule has 11 heavy (non-hydrogen) atoms. The molecular weight excluding hydrogens is 138 g/mol. The average molecular weight is 155 g/mol. The normalized spacial score (nSPS) is 17.9. The smallest absolute Gasteiger partial charge is 0.129 e. The molecule has 0 unspecified atom stereocenters. The Hall–Kier alpha value is -0.370. The van der Waals surface area contributed by atoms with Gasteiger partial charge in [-0.2, -0.15) is 0 Å². The number of Topliss-reactive ketones (excluding diaryl/α,β-unsaturated/α-hetero) is 1. The fraction of sp³-hybridized carbons (Fsp3) is 0.889. The number of hydrogen-bond acceptors (Lipinski definition) is 2. The van der Waals surface area contributed by atoms with E-state index in [4.69, 9.17) is 0 Å². The lowest BCUT2D eigenvalue weighted by Crippen LogP contribution is -2.35. The van der Waals surface area contributed by atoms with Crippen molar-refractivity contribution in [1.82, 2.24) is 5.32 Å². The molecule has 2 nitrogen and oxygen atoms in total. The molecule has 0 atom stereocenters. The highest BCUT2D eigenvalue weighted by atomic mass is 16.1. The van der Waals surface area contributed by atoms with E-state index in [0.29, 0.717) is 5.78 Å². The third-order valence-electron chi connectivity index (χ3n) is 2.24. The van der Waals surface area contributed by atoms with Crippen molar-refractivity contribution in [2.24, 2.45) is 0 Å². The lowest BCUT2D eigenvalue weighted by molar-refractivity contribution is -0.117. The van der Waals surface area contributed by atoms with Gasteiger partial charge in [0.2, 0.25) is 0 Å². The topological polar surface area (TPSA) is 29.1 Å². The zero-order chi connectivity index (χ0) is 8.10. The van der Waals surface area contributed by atoms with Crippen LogP contribution in [0.25, 0.3) is 0 Å². The molecule has 0 aromatic heterocycles. The first-order chi connectivity index (χ1) is 5.29. The van der Waals surface area contributed by atoms with E-state index in [-0.39, 0.29) is 0 Å². The Morgan fingerprint density at radius 2 is 2.27 bits per heavy atom. The van der Waals surface area contributed by atoms with Gasteiger partial charge in [-0.05, 0) is 32.7 Å². The van der Waals surface area contributed by atoms with Gasteiger partial charge in [0.15, 0.2) is 0 Å². The van der Waals surface area contributed by atoms with Gasteiger partial charge >= 0.3 is 0 Å². The van der Waals surface area contributed by atoms with Crippen LogP contribution < -0.4 is 5.32 Å². The van der Waals surface area contributed by atoms with Crippen LogP contribution in [0.3, 0.4) is 0 Å². The van der Waals surface area contributed by atoms with E-state index in [0.717, 1.165) is 25.4 Å². The van der Waals surface area contributed by atoms with Gasteiger partial charge in [0, 0.05) is 12.5 Å². The fourth-order valence-electron chi connectivity index (χ4n) is 1.26. The first-order valence-electron chi connectivity index (χ1n) is 4.52. The quantitative estimate of drug-likeness (QED) is 0.609. The summed E-state index contributed by atoms with van der Waals surface area (Å²) in [6, 6.07) is 0.766. The van der Waals surface area contributed by atoms with E-state index in [1.165, 1.54) is 19.3 Å². The first-order valence-corrected chi connectivity index (χ1v) is 4.52. The number of hydrogen-bond donors (Lipinski definition) is 1. The molecule has 0 radical (unpaired) electrons. The highest BCUT2D eigenvalue weighted by Crippen LogP contribution is 2.17. The standard InChI is InChI=1S/C9H17NO/c1-8(11)4-3-7-10-9-5-2-6-9/h9-10H,2-7H2,1H3. The Balaban J connectivity index is 1.83. The van der Waals surface area contributed by atoms with Gasteiger partial charge in [0.1, 0.15) is 5.78 Å². The maximum atomic E-state index is 10.5. The Bertz CT molecular complexity index is 130. The minimum atomic E-state index is 0.306. The highest BCUT2D eigenvalue weighted by molar-refractivity contribution is 5.75. The Kier molecular flexibility index (Phi) is 3.57. The van der Waals surface area contributed by atoms with E-state index in [2.05, 4.69) is 5.32 Å². The zero-order valence-electron chi connectivity index (χ0n) is 7.23. The second-order valence-electron chi connectivity index (χ2n) is 3.39. The average Bonchev–Trinajstić information content (AvgIpc) is 1.82. The van der Waals surface area contributed by atoms with E-state index >= 15 is 0 Å². The molecule has 0 spiro atoms. The summed E-state index contributed by atoms with van der Waals surface area (Å²) in [4.78, 5) is 10.5. The summed E-state index contributed by atoms with van der Waals surface area (Å²) in [5.74, 6) is 0.306. The van der Waals surface area contributed by atoms with Gasteiger partial charge < -0.3 is 10.1 Å². The lowest BCUT2D eigenvalue weighted by atomic mass is 9.93. The van der Waals surface area contributed by atoms with Crippen molar-refractivity contribution in [2.45, 2.75) is 45.1 Å². The van der Waals surface area contributed by atoms with Crippen LogP contribution in [-0.2, 0) is 4.79 Å². The van der Waals surface area contributed by atoms with Crippen LogP contribution in [0.15, 0.2) is 0 Å². The third-order valence-corrected chi connectivity index (χ3v) is 2.24. The molecule has 2 heteroatoms. The number of carbonyl (C=O) groups excluding carboxylic acids is 1. The largest absolute Gasteiger partial charge is 0.314 e. The summed E-state index contributed by atoms with van der Waals surface area (Å²) in [6.45, 7) is 2.67. The molecule has 0 aliphatic heterocycles. The highest BCUT2D eigenvalue weighted by Gasteiger charge is 2.15. The molecule has 1 saturated carbocycles. The summed E-state index contributed by atoms with van der Waals surface area (Å²) in [6.07, 6.45) is 5.79. The van der Waals surface area contributed by atoms with Crippen molar-refractivity contribution < 1.29 is 4.79 Å². The predicted octanol–water partition coefficient (Wildman–Crippen LogP) is 1.50. The molecule has 64 valence electrons. The number of nitrogens with one attached hydrogen (secondary N) is 1. The second-order valence-corrected chi connectivity index (χ2v) is 3.39. The third kappa shape index (κ3) is 3.51. The molecule has 1 aliphatic carbocycles. The summed E-state index contributed by atoms with van der Waals surface area (Å²) in [5.41, 5.74) is 0. The number of ketones is 1. The monoisotopic (exact) mass is 155 g/mol. The second kappa shape index (κ2) is 4.50. The molecule has 1 aliphatic rings. The van der Waals surface area contributed by atoms with E-state index < -0.39 is 0 Å². The van der Waals surface area contributed by atoms with Crippen LogP contribution in [0.4, 0.5) is 0 Å². The van der Waals surface area contributed by atoms with Crippen LogP contribution in [0.2, 0.25) is 0 Å². The van der Waals surface area contributed by atoms with Crippen molar-refractivity contribution in [3.05, 3.63) is 0 Å². The maximum absolute atomic E-state index is 10.5. The van der Waals surface area contributed by atoms with Crippen LogP contribution in [0.5, 0.6) is 0 Å². The van der Waals surface area contributed by atoms with Gasteiger partial charge in [-0.25, -0.2) is 0 Å². The Morgan fingerprint density at radius 3 is 2.73 bits per heavy atom. The molecule has 1 N–H and O–H groups in total. The molecule has 1 fully saturated rings. The van der Waals surface area contributed by atoms with E-state index in [9.17, 15) is 4.79 Å². The van der Waals surface area contributed by atoms with Gasteiger partial charge in [0.05, 0.1) is 0 Å². The Morgan fingerprint density at radius 1 is 1.55 bits per heavy atom. The molecule has 0 bridgehead atoms. The van der Waals surface area contributed by atoms with Gasteiger partial charge in [-0.3, -0.25) is 0 Å². The van der Waals surface area contributed by atoms with Crippen molar-refractivity contribution in [1.29, 1.82) is 0 Å². The number of rotatable bonds is 5. The van der Waals surface area contributed by atoms with E-state index in [1.54, 1.807) is 6.92 Å². The maximum Gasteiger partial charge on any atom is 0.129 e. The minimum absolute atomic E-state index is 0.306. The van der Waals surface area contributed by atoms with Crippen LogP contribution in [0, 0.1) is 0 Å². The zero-order valence-corrected chi connectivity index (χ0v) is 7.23. The minimum Gasteiger partial charge on any atom is -0.314 e. The molecule has 0 aromatic rings. The summed E-state index contributed by atoms with van der Waals surface area (Å²) in [5, 5.41) is 3.42. The SMILES string of the molecule is CC(=O)CCCNC1CCC1. The summed E-state index contributed by atoms with van der Waals surface area (Å²) >= 11 is 0. The molecule has 0 heterocycles. The fourth-order valence-corrected chi connectivity index (χ4v) is 1.26. The molecule has 0 aromatic carbocycles. The summed E-state index contributed by atoms with van der Waals surface area (Å²) < 4.78 is 0. The molecule has 0 saturated heterocycles.